The third-order valence-corrected chi connectivity index (χ3v) is 5.19. The van der Waals surface area contributed by atoms with Crippen LogP contribution in [-0.2, 0) is 0 Å². The first-order valence-corrected chi connectivity index (χ1v) is 7.62. The molecule has 3 atom stereocenters. The predicted molar refractivity (Wildman–Crippen MR) is 74.5 cm³/mol. The zero-order valence-corrected chi connectivity index (χ0v) is 10.9. The van der Waals surface area contributed by atoms with Crippen LogP contribution in [0.25, 0.3) is 0 Å². The lowest BCUT2D eigenvalue weighted by Gasteiger charge is -2.22. The molecule has 0 bridgehead atoms. The molecular weight excluding hydrogens is 228 g/mol. The van der Waals surface area contributed by atoms with Gasteiger partial charge in [-0.15, -0.1) is 0 Å². The summed E-state index contributed by atoms with van der Waals surface area (Å²) in [5, 5.41) is 0. The van der Waals surface area contributed by atoms with Crippen LogP contribution in [-0.4, -0.2) is 41.6 Å². The van der Waals surface area contributed by atoms with Gasteiger partial charge in [0.25, 0.3) is 0 Å². The van der Waals surface area contributed by atoms with Crippen molar-refractivity contribution in [2.24, 2.45) is 5.73 Å². The average Bonchev–Trinajstić information content (AvgIpc) is 2.99. The lowest BCUT2D eigenvalue weighted by Crippen LogP contribution is -2.35. The highest BCUT2D eigenvalue weighted by Gasteiger charge is 2.35. The number of thioether (sulfide) groups is 1. The second kappa shape index (κ2) is 5.01. The number of nitrogens with two attached hydrogens (primary N) is 1. The van der Waals surface area contributed by atoms with Gasteiger partial charge in [0, 0.05) is 36.8 Å². The lowest BCUT2D eigenvalue weighted by atomic mass is 9.95. The molecule has 0 saturated carbocycles. The van der Waals surface area contributed by atoms with Crippen LogP contribution in [0.1, 0.15) is 17.9 Å². The molecule has 1 aromatic carbocycles. The van der Waals surface area contributed by atoms with E-state index < -0.39 is 0 Å². The Hall–Kier alpha value is -0.510. The summed E-state index contributed by atoms with van der Waals surface area (Å²) < 4.78 is 0. The van der Waals surface area contributed by atoms with Crippen molar-refractivity contribution < 1.29 is 0 Å². The summed E-state index contributed by atoms with van der Waals surface area (Å²) in [6, 6.07) is 11.8. The molecule has 0 amide bonds. The summed E-state index contributed by atoms with van der Waals surface area (Å²) in [6.45, 7) is 2.22. The Balaban J connectivity index is 1.71. The molecule has 0 radical (unpaired) electrons. The summed E-state index contributed by atoms with van der Waals surface area (Å²) in [7, 11) is 0. The molecule has 92 valence electrons. The Morgan fingerprint density at radius 1 is 1.18 bits per heavy atom. The molecular formula is C14H20N2S. The van der Waals surface area contributed by atoms with E-state index in [9.17, 15) is 0 Å². The van der Waals surface area contributed by atoms with Crippen LogP contribution in [0, 0.1) is 0 Å². The van der Waals surface area contributed by atoms with E-state index in [1.165, 1.54) is 23.5 Å². The molecule has 0 spiro atoms. The van der Waals surface area contributed by atoms with Gasteiger partial charge in [0.1, 0.15) is 0 Å². The van der Waals surface area contributed by atoms with Gasteiger partial charge >= 0.3 is 0 Å². The van der Waals surface area contributed by atoms with E-state index in [1.54, 1.807) is 0 Å². The van der Waals surface area contributed by atoms with E-state index >= 15 is 0 Å². The van der Waals surface area contributed by atoms with Crippen molar-refractivity contribution in [3.8, 4) is 0 Å². The molecule has 2 heterocycles. The van der Waals surface area contributed by atoms with Crippen LogP contribution < -0.4 is 5.73 Å². The Kier molecular flexibility index (Phi) is 3.41. The zero-order valence-electron chi connectivity index (χ0n) is 10.1. The van der Waals surface area contributed by atoms with Crippen LogP contribution in [0.4, 0.5) is 0 Å². The van der Waals surface area contributed by atoms with E-state index in [4.69, 9.17) is 5.73 Å². The van der Waals surface area contributed by atoms with Gasteiger partial charge in [-0.3, -0.25) is 4.90 Å². The van der Waals surface area contributed by atoms with Crippen molar-refractivity contribution >= 4 is 11.8 Å². The van der Waals surface area contributed by atoms with E-state index in [-0.39, 0.29) is 0 Å². The highest BCUT2D eigenvalue weighted by Crippen LogP contribution is 2.31. The summed E-state index contributed by atoms with van der Waals surface area (Å²) in [5.74, 6) is 3.16. The smallest absolute Gasteiger partial charge is 0.0250 e. The zero-order chi connectivity index (χ0) is 11.7. The Labute approximate surface area is 108 Å². The fourth-order valence-corrected chi connectivity index (χ4v) is 4.28. The first-order chi connectivity index (χ1) is 8.34. The van der Waals surface area contributed by atoms with Gasteiger partial charge in [-0.1, -0.05) is 30.3 Å². The molecule has 2 aliphatic heterocycles. The molecule has 1 aromatic rings. The van der Waals surface area contributed by atoms with Gasteiger partial charge in [0.2, 0.25) is 0 Å². The second-order valence-corrected chi connectivity index (χ2v) is 6.30. The number of likely N-dealkylation sites (tertiary alicyclic amines) is 1. The van der Waals surface area contributed by atoms with E-state index in [0.717, 1.165) is 19.1 Å². The van der Waals surface area contributed by atoms with Crippen molar-refractivity contribution in [1.82, 2.24) is 4.90 Å². The van der Waals surface area contributed by atoms with Gasteiger partial charge in [0.15, 0.2) is 0 Å². The molecule has 2 fully saturated rings. The third kappa shape index (κ3) is 2.37. The van der Waals surface area contributed by atoms with Crippen LogP contribution in [0.15, 0.2) is 30.3 Å². The molecule has 0 aliphatic carbocycles. The minimum atomic E-state index is 0.308. The Morgan fingerprint density at radius 2 is 2.00 bits per heavy atom. The first-order valence-electron chi connectivity index (χ1n) is 6.47. The second-order valence-electron chi connectivity index (χ2n) is 5.15. The molecule has 2 saturated heterocycles. The van der Waals surface area contributed by atoms with Gasteiger partial charge in [-0.2, -0.15) is 11.8 Å². The number of nitrogens with zero attached hydrogens (tertiary/aromatic N) is 1. The first kappa shape index (κ1) is 11.6. The molecule has 3 unspecified atom stereocenters. The quantitative estimate of drug-likeness (QED) is 0.867. The summed E-state index contributed by atoms with van der Waals surface area (Å²) in [5.41, 5.74) is 7.73. The third-order valence-electron chi connectivity index (χ3n) is 4.04. The molecule has 2 aliphatic rings. The maximum absolute atomic E-state index is 6.32. The lowest BCUT2D eigenvalue weighted by molar-refractivity contribution is 0.258. The molecule has 2 N–H and O–H groups in total. The number of benzene rings is 1. The van der Waals surface area contributed by atoms with Gasteiger partial charge in [-0.05, 0) is 17.7 Å². The minimum Gasteiger partial charge on any atom is -0.326 e. The highest BCUT2D eigenvalue weighted by molar-refractivity contribution is 7.99. The van der Waals surface area contributed by atoms with E-state index in [1.807, 2.05) is 0 Å². The van der Waals surface area contributed by atoms with Crippen LogP contribution in [0.5, 0.6) is 0 Å². The molecule has 3 heteroatoms. The maximum Gasteiger partial charge on any atom is 0.0250 e. The topological polar surface area (TPSA) is 29.3 Å². The largest absolute Gasteiger partial charge is 0.326 e. The standard InChI is InChI=1S/C14H20N2S/c15-14-9-16(12-6-7-17-10-12)8-13(14)11-4-2-1-3-5-11/h1-5,12-14H,6-10,15H2. The van der Waals surface area contributed by atoms with Crippen molar-refractivity contribution in [3.05, 3.63) is 35.9 Å². The van der Waals surface area contributed by atoms with E-state index in [2.05, 4.69) is 47.0 Å². The normalized spacial score (nSPS) is 34.3. The maximum atomic E-state index is 6.32. The van der Waals surface area contributed by atoms with Crippen molar-refractivity contribution in [1.29, 1.82) is 0 Å². The molecule has 3 rings (SSSR count). The monoisotopic (exact) mass is 248 g/mol. The number of rotatable bonds is 2. The fourth-order valence-electron chi connectivity index (χ4n) is 3.02. The molecule has 0 aromatic heterocycles. The number of hydrogen-bond donors (Lipinski definition) is 1. The fraction of sp³-hybridized carbons (Fsp3) is 0.571. The summed E-state index contributed by atoms with van der Waals surface area (Å²) >= 11 is 2.08. The SMILES string of the molecule is NC1CN(C2CCSC2)CC1c1ccccc1. The Morgan fingerprint density at radius 3 is 2.71 bits per heavy atom. The predicted octanol–water partition coefficient (Wildman–Crippen LogP) is 1.92. The van der Waals surface area contributed by atoms with Crippen molar-refractivity contribution in [3.63, 3.8) is 0 Å². The summed E-state index contributed by atoms with van der Waals surface area (Å²) in [6.07, 6.45) is 1.35. The van der Waals surface area contributed by atoms with Crippen molar-refractivity contribution in [2.45, 2.75) is 24.4 Å². The number of hydrogen-bond acceptors (Lipinski definition) is 3. The highest BCUT2D eigenvalue weighted by atomic mass is 32.2. The summed E-state index contributed by atoms with van der Waals surface area (Å²) in [4.78, 5) is 2.61. The van der Waals surface area contributed by atoms with Crippen molar-refractivity contribution in [2.75, 3.05) is 24.6 Å². The minimum absolute atomic E-state index is 0.308. The molecule has 17 heavy (non-hydrogen) atoms. The van der Waals surface area contributed by atoms with Crippen LogP contribution in [0.2, 0.25) is 0 Å². The van der Waals surface area contributed by atoms with Gasteiger partial charge in [0.05, 0.1) is 0 Å². The Bertz CT molecular complexity index is 362. The van der Waals surface area contributed by atoms with Gasteiger partial charge < -0.3 is 5.73 Å². The molecule has 2 nitrogen and oxygen atoms in total. The van der Waals surface area contributed by atoms with Crippen LogP contribution >= 0.6 is 11.8 Å². The van der Waals surface area contributed by atoms with Gasteiger partial charge in [-0.25, -0.2) is 0 Å². The van der Waals surface area contributed by atoms with E-state index in [0.29, 0.717) is 12.0 Å². The van der Waals surface area contributed by atoms with Crippen LogP contribution in [0.3, 0.4) is 0 Å². The average molecular weight is 248 g/mol.